The summed E-state index contributed by atoms with van der Waals surface area (Å²) in [7, 11) is 1.61. The van der Waals surface area contributed by atoms with Gasteiger partial charge in [-0.1, -0.05) is 19.3 Å². The fourth-order valence-electron chi connectivity index (χ4n) is 4.72. The molecule has 1 aromatic heterocycles. The molecule has 2 aliphatic rings. The average molecular weight is 413 g/mol. The van der Waals surface area contributed by atoms with Gasteiger partial charge in [-0.15, -0.1) is 0 Å². The van der Waals surface area contributed by atoms with Gasteiger partial charge < -0.3 is 10.1 Å². The van der Waals surface area contributed by atoms with E-state index < -0.39 is 0 Å². The van der Waals surface area contributed by atoms with Crippen LogP contribution < -0.4 is 15.6 Å². The Labute approximate surface area is 177 Å². The van der Waals surface area contributed by atoms with Crippen molar-refractivity contribution in [1.29, 1.82) is 0 Å². The van der Waals surface area contributed by atoms with Crippen molar-refractivity contribution in [3.05, 3.63) is 34.9 Å². The maximum atomic E-state index is 12.8. The fraction of sp³-hybridized carbons (Fsp3) is 0.609. The van der Waals surface area contributed by atoms with Gasteiger partial charge in [0.15, 0.2) is 0 Å². The number of hydrogen-bond acceptors (Lipinski definition) is 5. The zero-order valence-electron chi connectivity index (χ0n) is 17.8. The molecular weight excluding hydrogens is 380 g/mol. The minimum absolute atomic E-state index is 0.00283. The van der Waals surface area contributed by atoms with Gasteiger partial charge in [-0.25, -0.2) is 4.98 Å². The van der Waals surface area contributed by atoms with Crippen molar-refractivity contribution in [2.45, 2.75) is 57.5 Å². The number of hydrogen-bond donors (Lipinski definition) is 1. The number of rotatable bonds is 6. The predicted molar refractivity (Wildman–Crippen MR) is 117 cm³/mol. The average Bonchev–Trinajstić information content (AvgIpc) is 2.77. The van der Waals surface area contributed by atoms with Crippen LogP contribution in [0.5, 0.6) is 5.75 Å². The Morgan fingerprint density at radius 3 is 2.67 bits per heavy atom. The van der Waals surface area contributed by atoms with Crippen LogP contribution in [0.1, 0.15) is 44.9 Å². The largest absolute Gasteiger partial charge is 0.497 e. The lowest BCUT2D eigenvalue weighted by molar-refractivity contribution is -0.123. The highest BCUT2D eigenvalue weighted by Crippen LogP contribution is 2.21. The first kappa shape index (κ1) is 20.8. The Balaban J connectivity index is 1.29. The number of carbonyl (C=O) groups excluding carboxylic acids is 1. The smallest absolute Gasteiger partial charge is 0.261 e. The summed E-state index contributed by atoms with van der Waals surface area (Å²) in [4.78, 5) is 31.9. The molecule has 1 saturated carbocycles. The van der Waals surface area contributed by atoms with E-state index in [4.69, 9.17) is 4.74 Å². The molecule has 0 bridgehead atoms. The van der Waals surface area contributed by atoms with Gasteiger partial charge in [0, 0.05) is 18.7 Å². The van der Waals surface area contributed by atoms with Crippen LogP contribution in [-0.2, 0) is 11.3 Å². The Morgan fingerprint density at radius 1 is 1.17 bits per heavy atom. The Kier molecular flexibility index (Phi) is 6.67. The van der Waals surface area contributed by atoms with E-state index in [-0.39, 0.29) is 11.5 Å². The third-order valence-electron chi connectivity index (χ3n) is 6.53. The van der Waals surface area contributed by atoms with E-state index in [2.05, 4.69) is 15.2 Å². The fourth-order valence-corrected chi connectivity index (χ4v) is 4.72. The van der Waals surface area contributed by atoms with E-state index in [0.29, 0.717) is 41.7 Å². The number of amides is 1. The van der Waals surface area contributed by atoms with Crippen LogP contribution in [0.25, 0.3) is 10.9 Å². The van der Waals surface area contributed by atoms with E-state index in [1.807, 2.05) is 0 Å². The first-order valence-electron chi connectivity index (χ1n) is 11.2. The van der Waals surface area contributed by atoms with Gasteiger partial charge >= 0.3 is 0 Å². The molecule has 2 heterocycles. The normalized spacial score (nSPS) is 19.1. The highest BCUT2D eigenvalue weighted by Gasteiger charge is 2.23. The molecule has 1 aliphatic heterocycles. The number of ether oxygens (including phenoxy) is 1. The van der Waals surface area contributed by atoms with E-state index in [0.717, 1.165) is 38.8 Å². The number of benzene rings is 1. The molecule has 1 N–H and O–H groups in total. The molecule has 0 radical (unpaired) electrons. The third-order valence-corrected chi connectivity index (χ3v) is 6.53. The molecule has 0 atom stereocenters. The summed E-state index contributed by atoms with van der Waals surface area (Å²) in [5, 5.41) is 3.83. The monoisotopic (exact) mass is 412 g/mol. The summed E-state index contributed by atoms with van der Waals surface area (Å²) >= 11 is 0. The Morgan fingerprint density at radius 2 is 1.93 bits per heavy atom. The minimum Gasteiger partial charge on any atom is -0.497 e. The molecule has 7 nitrogen and oxygen atoms in total. The van der Waals surface area contributed by atoms with Crippen molar-refractivity contribution >= 4 is 16.8 Å². The second-order valence-corrected chi connectivity index (χ2v) is 8.71. The number of methoxy groups -OCH3 is 1. The molecule has 1 aromatic carbocycles. The zero-order valence-corrected chi connectivity index (χ0v) is 17.8. The maximum absolute atomic E-state index is 12.8. The van der Waals surface area contributed by atoms with Crippen LogP contribution in [0.3, 0.4) is 0 Å². The van der Waals surface area contributed by atoms with Gasteiger partial charge in [0.25, 0.3) is 5.56 Å². The van der Waals surface area contributed by atoms with E-state index in [1.165, 1.54) is 19.3 Å². The maximum Gasteiger partial charge on any atom is 0.261 e. The zero-order chi connectivity index (χ0) is 20.9. The van der Waals surface area contributed by atoms with Crippen LogP contribution in [0.15, 0.2) is 29.3 Å². The number of nitrogens with zero attached hydrogens (tertiary/aromatic N) is 3. The molecular formula is C23H32N4O3. The number of likely N-dealkylation sites (tertiary alicyclic amines) is 1. The van der Waals surface area contributed by atoms with Crippen molar-refractivity contribution < 1.29 is 9.53 Å². The molecule has 0 spiro atoms. The summed E-state index contributed by atoms with van der Waals surface area (Å²) in [6.07, 6.45) is 9.62. The molecule has 0 unspecified atom stereocenters. The quantitative estimate of drug-likeness (QED) is 0.789. The highest BCUT2D eigenvalue weighted by molar-refractivity contribution is 5.79. The van der Waals surface area contributed by atoms with Crippen LogP contribution in [-0.4, -0.2) is 53.1 Å². The van der Waals surface area contributed by atoms with Gasteiger partial charge in [0.1, 0.15) is 5.75 Å². The number of nitrogens with one attached hydrogen (secondary N) is 1. The first-order chi connectivity index (χ1) is 14.6. The van der Waals surface area contributed by atoms with Gasteiger partial charge in [-0.3, -0.25) is 19.1 Å². The lowest BCUT2D eigenvalue weighted by Crippen LogP contribution is -2.45. The van der Waals surface area contributed by atoms with E-state index in [1.54, 1.807) is 36.2 Å². The standard InChI is InChI=1S/C23H32N4O3/c1-30-19-7-8-20-21(13-19)24-16-27(23(20)29)14-17-9-11-26(12-10-17)15-22(28)25-18-5-3-2-4-6-18/h7-8,13,16-18H,2-6,9-12,14-15H2,1H3,(H,25,28). The Hall–Kier alpha value is -2.41. The topological polar surface area (TPSA) is 76.5 Å². The van der Waals surface area contributed by atoms with Crippen LogP contribution in [0.4, 0.5) is 0 Å². The van der Waals surface area contributed by atoms with Crippen LogP contribution in [0.2, 0.25) is 0 Å². The molecule has 2 fully saturated rings. The summed E-state index contributed by atoms with van der Waals surface area (Å²) in [5.74, 6) is 1.29. The summed E-state index contributed by atoms with van der Waals surface area (Å²) in [6, 6.07) is 5.74. The van der Waals surface area contributed by atoms with Gasteiger partial charge in [0.05, 0.1) is 30.9 Å². The summed E-state index contributed by atoms with van der Waals surface area (Å²) < 4.78 is 6.94. The van der Waals surface area contributed by atoms with E-state index >= 15 is 0 Å². The highest BCUT2D eigenvalue weighted by atomic mass is 16.5. The third kappa shape index (κ3) is 5.01. The summed E-state index contributed by atoms with van der Waals surface area (Å²) in [5.41, 5.74) is 0.659. The van der Waals surface area contributed by atoms with Crippen molar-refractivity contribution in [3.8, 4) is 5.75 Å². The molecule has 2 aromatic rings. The molecule has 1 aliphatic carbocycles. The molecule has 162 valence electrons. The number of fused-ring (bicyclic) bond motifs is 1. The van der Waals surface area contributed by atoms with Gasteiger partial charge in [-0.05, 0) is 56.8 Å². The lowest BCUT2D eigenvalue weighted by Gasteiger charge is -2.32. The lowest BCUT2D eigenvalue weighted by atomic mass is 9.95. The number of aromatic nitrogens is 2. The second kappa shape index (κ2) is 9.60. The van der Waals surface area contributed by atoms with Crippen molar-refractivity contribution in [2.24, 2.45) is 5.92 Å². The van der Waals surface area contributed by atoms with Crippen molar-refractivity contribution in [2.75, 3.05) is 26.7 Å². The second-order valence-electron chi connectivity index (χ2n) is 8.71. The molecule has 1 saturated heterocycles. The van der Waals surface area contributed by atoms with Crippen LogP contribution in [0, 0.1) is 5.92 Å². The van der Waals surface area contributed by atoms with E-state index in [9.17, 15) is 9.59 Å². The molecule has 30 heavy (non-hydrogen) atoms. The molecule has 1 amide bonds. The molecule has 4 rings (SSSR count). The first-order valence-corrected chi connectivity index (χ1v) is 11.2. The van der Waals surface area contributed by atoms with Gasteiger partial charge in [-0.2, -0.15) is 0 Å². The van der Waals surface area contributed by atoms with Crippen molar-refractivity contribution in [3.63, 3.8) is 0 Å². The SMILES string of the molecule is COc1ccc2c(=O)n(CC3CCN(CC(=O)NC4CCCCC4)CC3)cnc2c1. The summed E-state index contributed by atoms with van der Waals surface area (Å²) in [6.45, 7) is 2.96. The predicted octanol–water partition coefficient (Wildman–Crippen LogP) is 2.57. The molecule has 7 heteroatoms. The minimum atomic E-state index is -0.00283. The van der Waals surface area contributed by atoms with Crippen LogP contribution >= 0.6 is 0 Å². The Bertz CT molecular complexity index is 928. The number of carbonyl (C=O) groups is 1. The number of piperidine rings is 1. The van der Waals surface area contributed by atoms with Gasteiger partial charge in [0.2, 0.25) is 5.91 Å². The van der Waals surface area contributed by atoms with Crippen molar-refractivity contribution in [1.82, 2.24) is 19.8 Å².